The number of aryl methyl sites for hydroxylation is 2. The van der Waals surface area contributed by atoms with Crippen LogP contribution in [0.4, 0.5) is 0 Å². The van der Waals surface area contributed by atoms with Crippen molar-refractivity contribution in [3.63, 3.8) is 0 Å². The van der Waals surface area contributed by atoms with Gasteiger partial charge in [-0.1, -0.05) is 0 Å². The number of H-pyrrole nitrogens is 1. The lowest BCUT2D eigenvalue weighted by atomic mass is 10.1. The summed E-state index contributed by atoms with van der Waals surface area (Å²) < 4.78 is 32.0. The van der Waals surface area contributed by atoms with Crippen LogP contribution in [0.5, 0.6) is 0 Å². The Balaban J connectivity index is 3.06. The highest BCUT2D eigenvalue weighted by Crippen LogP contribution is 2.18. The van der Waals surface area contributed by atoms with Crippen LogP contribution in [0.25, 0.3) is 0 Å². The molecule has 1 rings (SSSR count). The molecule has 1 aromatic heterocycles. The van der Waals surface area contributed by atoms with Crippen molar-refractivity contribution in [2.45, 2.75) is 38.1 Å². The molecule has 0 fully saturated rings. The van der Waals surface area contributed by atoms with E-state index in [2.05, 4.69) is 14.9 Å². The third-order valence-corrected chi connectivity index (χ3v) is 4.21. The van der Waals surface area contributed by atoms with E-state index in [1.54, 1.807) is 27.7 Å². The zero-order valence-corrected chi connectivity index (χ0v) is 11.6. The normalized spacial score (nSPS) is 13.0. The van der Waals surface area contributed by atoms with Gasteiger partial charge in [-0.25, -0.2) is 13.1 Å². The summed E-state index contributed by atoms with van der Waals surface area (Å²) in [6.45, 7) is 7.15. The van der Waals surface area contributed by atoms with E-state index in [9.17, 15) is 8.42 Å². The van der Waals surface area contributed by atoms with Gasteiger partial charge in [0.15, 0.2) is 0 Å². The first-order chi connectivity index (χ1) is 7.69. The van der Waals surface area contributed by atoms with Gasteiger partial charge in [-0.3, -0.25) is 5.10 Å². The van der Waals surface area contributed by atoms with Crippen molar-refractivity contribution >= 4 is 10.0 Å². The van der Waals surface area contributed by atoms with Crippen molar-refractivity contribution in [1.29, 1.82) is 0 Å². The molecule has 7 heteroatoms. The Morgan fingerprint density at radius 2 is 2.00 bits per heavy atom. The summed E-state index contributed by atoms with van der Waals surface area (Å²) in [4.78, 5) is 0.210. The number of rotatable bonds is 5. The number of methoxy groups -OCH3 is 1. The summed E-state index contributed by atoms with van der Waals surface area (Å²) in [5.74, 6) is 0. The lowest BCUT2D eigenvalue weighted by Crippen LogP contribution is -2.46. The molecular formula is C10H19N3O3S. The van der Waals surface area contributed by atoms with Gasteiger partial charge in [0.25, 0.3) is 0 Å². The number of aromatic nitrogens is 2. The van der Waals surface area contributed by atoms with Crippen molar-refractivity contribution in [1.82, 2.24) is 14.9 Å². The predicted octanol–water partition coefficient (Wildman–Crippen LogP) is 0.730. The van der Waals surface area contributed by atoms with Crippen LogP contribution in [0, 0.1) is 13.8 Å². The number of nitrogens with one attached hydrogen (secondary N) is 2. The van der Waals surface area contributed by atoms with Crippen LogP contribution in [-0.4, -0.2) is 37.9 Å². The largest absolute Gasteiger partial charge is 0.383 e. The maximum Gasteiger partial charge on any atom is 0.244 e. The van der Waals surface area contributed by atoms with Crippen LogP contribution >= 0.6 is 0 Å². The fourth-order valence-electron chi connectivity index (χ4n) is 1.74. The van der Waals surface area contributed by atoms with Gasteiger partial charge >= 0.3 is 0 Å². The second-order valence-electron chi connectivity index (χ2n) is 4.69. The molecular weight excluding hydrogens is 242 g/mol. The van der Waals surface area contributed by atoms with Crippen LogP contribution in [0.15, 0.2) is 4.90 Å². The zero-order chi connectivity index (χ0) is 13.3. The van der Waals surface area contributed by atoms with Crippen LogP contribution < -0.4 is 4.72 Å². The highest BCUT2D eigenvalue weighted by Gasteiger charge is 2.29. The summed E-state index contributed by atoms with van der Waals surface area (Å²) in [5, 5.41) is 6.54. The number of nitrogens with zero attached hydrogens (tertiary/aromatic N) is 1. The SMILES string of the molecule is COCC(C)(C)NS(=O)(=O)c1c(C)n[nH]c1C. The Kier molecular flexibility index (Phi) is 3.95. The number of aromatic amines is 1. The van der Waals surface area contributed by atoms with Crippen molar-refractivity contribution in [2.24, 2.45) is 0 Å². The molecule has 1 heterocycles. The summed E-state index contributed by atoms with van der Waals surface area (Å²) >= 11 is 0. The van der Waals surface area contributed by atoms with Gasteiger partial charge in [-0.15, -0.1) is 0 Å². The molecule has 0 radical (unpaired) electrons. The van der Waals surface area contributed by atoms with Crippen molar-refractivity contribution in [3.8, 4) is 0 Å². The molecule has 17 heavy (non-hydrogen) atoms. The molecule has 0 aliphatic heterocycles. The van der Waals surface area contributed by atoms with Gasteiger partial charge in [0.2, 0.25) is 10.0 Å². The molecule has 0 aromatic carbocycles. The first-order valence-corrected chi connectivity index (χ1v) is 6.72. The fourth-order valence-corrected chi connectivity index (χ4v) is 3.51. The topological polar surface area (TPSA) is 84.1 Å². The van der Waals surface area contributed by atoms with Gasteiger partial charge in [0.05, 0.1) is 23.5 Å². The molecule has 0 saturated carbocycles. The van der Waals surface area contributed by atoms with Crippen molar-refractivity contribution in [3.05, 3.63) is 11.4 Å². The van der Waals surface area contributed by atoms with E-state index in [1.807, 2.05) is 0 Å². The molecule has 0 atom stereocenters. The monoisotopic (exact) mass is 261 g/mol. The van der Waals surface area contributed by atoms with E-state index in [4.69, 9.17) is 4.74 Å². The molecule has 2 N–H and O–H groups in total. The maximum absolute atomic E-state index is 12.2. The molecule has 98 valence electrons. The Hall–Kier alpha value is -0.920. The minimum absolute atomic E-state index is 0.210. The van der Waals surface area contributed by atoms with Crippen LogP contribution in [0.1, 0.15) is 25.2 Å². The maximum atomic E-state index is 12.2. The summed E-state index contributed by atoms with van der Waals surface area (Å²) in [5.41, 5.74) is 0.329. The molecule has 0 unspecified atom stereocenters. The van der Waals surface area contributed by atoms with Crippen molar-refractivity contribution < 1.29 is 13.2 Å². The number of sulfonamides is 1. The first kappa shape index (κ1) is 14.1. The minimum atomic E-state index is -3.58. The van der Waals surface area contributed by atoms with Crippen LogP contribution in [0.2, 0.25) is 0 Å². The zero-order valence-electron chi connectivity index (χ0n) is 10.8. The smallest absolute Gasteiger partial charge is 0.244 e. The second-order valence-corrected chi connectivity index (χ2v) is 6.30. The lowest BCUT2D eigenvalue weighted by molar-refractivity contribution is 0.141. The van der Waals surface area contributed by atoms with Gasteiger partial charge in [0, 0.05) is 7.11 Å². The van der Waals surface area contributed by atoms with Gasteiger partial charge in [-0.05, 0) is 27.7 Å². The van der Waals surface area contributed by atoms with E-state index >= 15 is 0 Å². The van der Waals surface area contributed by atoms with E-state index in [0.717, 1.165) is 0 Å². The average molecular weight is 261 g/mol. The highest BCUT2D eigenvalue weighted by atomic mass is 32.2. The van der Waals surface area contributed by atoms with E-state index < -0.39 is 15.6 Å². The summed E-state index contributed by atoms with van der Waals surface area (Å²) in [6.07, 6.45) is 0. The van der Waals surface area contributed by atoms with Gasteiger partial charge in [0.1, 0.15) is 4.90 Å². The fraction of sp³-hybridized carbons (Fsp3) is 0.700. The van der Waals surface area contributed by atoms with Crippen LogP contribution in [0.3, 0.4) is 0 Å². The van der Waals surface area contributed by atoms with E-state index in [1.165, 1.54) is 7.11 Å². The molecule has 6 nitrogen and oxygen atoms in total. The third-order valence-electron chi connectivity index (χ3n) is 2.25. The lowest BCUT2D eigenvalue weighted by Gasteiger charge is -2.24. The van der Waals surface area contributed by atoms with E-state index in [0.29, 0.717) is 18.0 Å². The molecule has 0 aliphatic carbocycles. The molecule has 1 aromatic rings. The Bertz CT molecular complexity index is 471. The molecule has 0 bridgehead atoms. The quantitative estimate of drug-likeness (QED) is 0.818. The third kappa shape index (κ3) is 3.27. The molecule has 0 spiro atoms. The molecule has 0 saturated heterocycles. The Morgan fingerprint density at radius 3 is 2.41 bits per heavy atom. The summed E-state index contributed by atoms with van der Waals surface area (Å²) in [7, 11) is -2.05. The second kappa shape index (κ2) is 4.75. The Morgan fingerprint density at radius 1 is 1.41 bits per heavy atom. The minimum Gasteiger partial charge on any atom is -0.383 e. The highest BCUT2D eigenvalue weighted by molar-refractivity contribution is 7.89. The predicted molar refractivity (Wildman–Crippen MR) is 64.3 cm³/mol. The standard InChI is InChI=1S/C10H19N3O3S/c1-7-9(8(2)12-11-7)17(14,15)13-10(3,4)6-16-5/h13H,6H2,1-5H3,(H,11,12). The van der Waals surface area contributed by atoms with Crippen LogP contribution in [-0.2, 0) is 14.8 Å². The number of ether oxygens (including phenoxy) is 1. The number of hydrogen-bond acceptors (Lipinski definition) is 4. The Labute approximate surface area is 102 Å². The van der Waals surface area contributed by atoms with Gasteiger partial charge in [-0.2, -0.15) is 5.10 Å². The van der Waals surface area contributed by atoms with Crippen molar-refractivity contribution in [2.75, 3.05) is 13.7 Å². The van der Waals surface area contributed by atoms with Gasteiger partial charge < -0.3 is 4.74 Å². The first-order valence-electron chi connectivity index (χ1n) is 5.24. The van der Waals surface area contributed by atoms with E-state index in [-0.39, 0.29) is 4.90 Å². The molecule has 0 aliphatic rings. The number of hydrogen-bond donors (Lipinski definition) is 2. The molecule has 0 amide bonds. The summed E-state index contributed by atoms with van der Waals surface area (Å²) in [6, 6.07) is 0. The average Bonchev–Trinajstić information content (AvgIpc) is 2.43.